The SMILES string of the molecule is CCNC(=NCc1ncc(CC)s1)NCc1nc(C(C)(C)C)cs1.I. The minimum atomic E-state index is 0. The first-order chi connectivity index (χ1) is 11.4. The second-order valence-electron chi connectivity index (χ2n) is 6.50. The van der Waals surface area contributed by atoms with Gasteiger partial charge in [0.1, 0.15) is 10.0 Å². The third-order valence-electron chi connectivity index (χ3n) is 3.39. The first-order valence-electron chi connectivity index (χ1n) is 8.33. The van der Waals surface area contributed by atoms with Crippen molar-refractivity contribution in [3.63, 3.8) is 0 Å². The van der Waals surface area contributed by atoms with Crippen molar-refractivity contribution in [3.05, 3.63) is 32.2 Å². The number of rotatable bonds is 6. The molecule has 0 saturated heterocycles. The van der Waals surface area contributed by atoms with Crippen LogP contribution in [0.5, 0.6) is 0 Å². The van der Waals surface area contributed by atoms with Crippen LogP contribution in [0, 0.1) is 0 Å². The third-order valence-corrected chi connectivity index (χ3v) is 5.37. The smallest absolute Gasteiger partial charge is 0.192 e. The molecule has 0 fully saturated rings. The first kappa shape index (κ1) is 22.3. The Hall–Kier alpha value is -0.740. The van der Waals surface area contributed by atoms with Crippen molar-refractivity contribution in [2.45, 2.75) is 59.5 Å². The van der Waals surface area contributed by atoms with Gasteiger partial charge in [0.05, 0.1) is 18.8 Å². The van der Waals surface area contributed by atoms with Crippen molar-refractivity contribution in [2.75, 3.05) is 6.54 Å². The van der Waals surface area contributed by atoms with Crippen LogP contribution in [-0.4, -0.2) is 22.5 Å². The summed E-state index contributed by atoms with van der Waals surface area (Å²) in [5, 5.41) is 10.9. The van der Waals surface area contributed by atoms with Gasteiger partial charge in [-0.05, 0) is 13.3 Å². The quantitative estimate of drug-likeness (QED) is 0.357. The van der Waals surface area contributed by atoms with Gasteiger partial charge < -0.3 is 10.6 Å². The van der Waals surface area contributed by atoms with Gasteiger partial charge in [-0.3, -0.25) is 0 Å². The summed E-state index contributed by atoms with van der Waals surface area (Å²) in [6.45, 7) is 12.9. The second-order valence-corrected chi connectivity index (χ2v) is 8.64. The summed E-state index contributed by atoms with van der Waals surface area (Å²) < 4.78 is 0. The van der Waals surface area contributed by atoms with E-state index >= 15 is 0 Å². The standard InChI is InChI=1S/C17H27N5S2.HI/c1-6-12-8-19-14(24-12)9-20-16(18-7-2)21-10-15-22-13(11-23-15)17(3,4)5;/h8,11H,6-7,9-10H2,1-5H3,(H2,18,20,21);1H. The molecule has 0 spiro atoms. The van der Waals surface area contributed by atoms with Crippen LogP contribution in [0.3, 0.4) is 0 Å². The summed E-state index contributed by atoms with van der Waals surface area (Å²) >= 11 is 3.42. The number of hydrogen-bond donors (Lipinski definition) is 2. The Morgan fingerprint density at radius 1 is 1.20 bits per heavy atom. The van der Waals surface area contributed by atoms with E-state index in [0.717, 1.165) is 34.6 Å². The number of nitrogens with one attached hydrogen (secondary N) is 2. The summed E-state index contributed by atoms with van der Waals surface area (Å²) in [5.41, 5.74) is 1.23. The summed E-state index contributed by atoms with van der Waals surface area (Å²) in [6, 6.07) is 0. The maximum absolute atomic E-state index is 4.71. The van der Waals surface area contributed by atoms with Crippen molar-refractivity contribution in [1.29, 1.82) is 0 Å². The predicted octanol–water partition coefficient (Wildman–Crippen LogP) is 4.33. The average Bonchev–Trinajstić information content (AvgIpc) is 3.18. The Balaban J connectivity index is 0.00000312. The second kappa shape index (κ2) is 10.4. The predicted molar refractivity (Wildman–Crippen MR) is 119 cm³/mol. The Morgan fingerprint density at radius 3 is 2.52 bits per heavy atom. The number of guanidine groups is 1. The lowest BCUT2D eigenvalue weighted by Crippen LogP contribution is -2.36. The first-order valence-corrected chi connectivity index (χ1v) is 10.0. The van der Waals surface area contributed by atoms with Crippen LogP contribution in [0.2, 0.25) is 0 Å². The Labute approximate surface area is 175 Å². The molecule has 2 aromatic heterocycles. The molecule has 0 amide bonds. The summed E-state index contributed by atoms with van der Waals surface area (Å²) in [4.78, 5) is 15.0. The lowest BCUT2D eigenvalue weighted by Gasteiger charge is -2.14. The summed E-state index contributed by atoms with van der Waals surface area (Å²) in [7, 11) is 0. The van der Waals surface area contributed by atoms with E-state index < -0.39 is 0 Å². The number of halogens is 1. The van der Waals surface area contributed by atoms with Crippen molar-refractivity contribution >= 4 is 52.6 Å². The van der Waals surface area contributed by atoms with Gasteiger partial charge in [0, 0.05) is 28.4 Å². The van der Waals surface area contributed by atoms with Gasteiger partial charge in [0.2, 0.25) is 0 Å². The molecule has 0 saturated carbocycles. The number of nitrogens with zero attached hydrogens (tertiary/aromatic N) is 3. The molecular formula is C17H28IN5S2. The molecule has 0 aliphatic heterocycles. The van der Waals surface area contributed by atoms with Gasteiger partial charge in [-0.25, -0.2) is 15.0 Å². The van der Waals surface area contributed by atoms with Crippen LogP contribution >= 0.6 is 46.7 Å². The topological polar surface area (TPSA) is 62.2 Å². The zero-order valence-corrected chi connectivity index (χ0v) is 19.5. The molecular weight excluding hydrogens is 465 g/mol. The van der Waals surface area contributed by atoms with Crippen molar-refractivity contribution < 1.29 is 0 Å². The highest BCUT2D eigenvalue weighted by Gasteiger charge is 2.17. The highest BCUT2D eigenvalue weighted by molar-refractivity contribution is 14.0. The van der Waals surface area contributed by atoms with Crippen molar-refractivity contribution in [3.8, 4) is 0 Å². The Kier molecular flexibility index (Phi) is 9.29. The number of aliphatic imine (C=N–C) groups is 1. The zero-order valence-electron chi connectivity index (χ0n) is 15.5. The number of thiazole rings is 2. The number of aromatic nitrogens is 2. The highest BCUT2D eigenvalue weighted by Crippen LogP contribution is 2.23. The molecule has 0 aliphatic rings. The van der Waals surface area contributed by atoms with Gasteiger partial charge in [-0.1, -0.05) is 27.7 Å². The van der Waals surface area contributed by atoms with E-state index in [9.17, 15) is 0 Å². The average molecular weight is 493 g/mol. The summed E-state index contributed by atoms with van der Waals surface area (Å²) in [6.07, 6.45) is 2.97. The molecule has 2 N–H and O–H groups in total. The summed E-state index contributed by atoms with van der Waals surface area (Å²) in [5.74, 6) is 0.804. The van der Waals surface area contributed by atoms with Gasteiger partial charge in [-0.15, -0.1) is 46.7 Å². The van der Waals surface area contributed by atoms with Gasteiger partial charge in [-0.2, -0.15) is 0 Å². The van der Waals surface area contributed by atoms with Crippen molar-refractivity contribution in [1.82, 2.24) is 20.6 Å². The molecule has 2 aromatic rings. The number of aryl methyl sites for hydroxylation is 1. The van der Waals surface area contributed by atoms with E-state index in [1.165, 1.54) is 4.88 Å². The monoisotopic (exact) mass is 493 g/mol. The van der Waals surface area contributed by atoms with E-state index in [2.05, 4.69) is 60.6 Å². The molecule has 0 atom stereocenters. The Bertz CT molecular complexity index is 673. The van der Waals surface area contributed by atoms with Gasteiger partial charge in [0.25, 0.3) is 0 Å². The van der Waals surface area contributed by atoms with Crippen LogP contribution in [0.4, 0.5) is 0 Å². The molecule has 2 rings (SSSR count). The molecule has 8 heteroatoms. The van der Waals surface area contributed by atoms with E-state index in [1.807, 2.05) is 6.20 Å². The zero-order chi connectivity index (χ0) is 17.6. The fourth-order valence-corrected chi connectivity index (χ4v) is 3.72. The third kappa shape index (κ3) is 7.18. The maximum Gasteiger partial charge on any atom is 0.192 e. The minimum Gasteiger partial charge on any atom is -0.357 e. The van der Waals surface area contributed by atoms with Crippen molar-refractivity contribution in [2.24, 2.45) is 4.99 Å². The molecule has 0 aliphatic carbocycles. The van der Waals surface area contributed by atoms with E-state index in [0.29, 0.717) is 13.1 Å². The highest BCUT2D eigenvalue weighted by atomic mass is 127. The van der Waals surface area contributed by atoms with Crippen LogP contribution in [0.25, 0.3) is 0 Å². The van der Waals surface area contributed by atoms with E-state index in [4.69, 9.17) is 4.98 Å². The van der Waals surface area contributed by atoms with E-state index in [1.54, 1.807) is 22.7 Å². The normalized spacial score (nSPS) is 12.0. The molecule has 0 aromatic carbocycles. The van der Waals surface area contributed by atoms with Crippen LogP contribution in [0.1, 0.15) is 55.2 Å². The molecule has 0 unspecified atom stereocenters. The lowest BCUT2D eigenvalue weighted by atomic mass is 9.93. The van der Waals surface area contributed by atoms with Gasteiger partial charge in [0.15, 0.2) is 5.96 Å². The molecule has 140 valence electrons. The fraction of sp³-hybridized carbons (Fsp3) is 0.588. The molecule has 25 heavy (non-hydrogen) atoms. The molecule has 0 bridgehead atoms. The largest absolute Gasteiger partial charge is 0.357 e. The lowest BCUT2D eigenvalue weighted by molar-refractivity contribution is 0.570. The molecule has 5 nitrogen and oxygen atoms in total. The molecule has 0 radical (unpaired) electrons. The maximum atomic E-state index is 4.71. The van der Waals surface area contributed by atoms with Crippen LogP contribution in [0.15, 0.2) is 16.6 Å². The molecule has 2 heterocycles. The minimum absolute atomic E-state index is 0. The van der Waals surface area contributed by atoms with Crippen LogP contribution < -0.4 is 10.6 Å². The Morgan fingerprint density at radius 2 is 1.96 bits per heavy atom. The fourth-order valence-electron chi connectivity index (χ4n) is 1.97. The van der Waals surface area contributed by atoms with Crippen LogP contribution in [-0.2, 0) is 24.9 Å². The van der Waals surface area contributed by atoms with E-state index in [-0.39, 0.29) is 29.4 Å². The number of hydrogen-bond acceptors (Lipinski definition) is 5. The van der Waals surface area contributed by atoms with Gasteiger partial charge >= 0.3 is 0 Å².